The lowest BCUT2D eigenvalue weighted by Gasteiger charge is -2.35. The van der Waals surface area contributed by atoms with Crippen LogP contribution in [-0.2, 0) is 14.8 Å². The normalized spacial score (nSPS) is 28.6. The molecule has 0 aliphatic carbocycles. The molecule has 0 radical (unpaired) electrons. The Balaban J connectivity index is 1.58. The SMILES string of the molecule is CS(=O)(=O)NC[C@@H]1OC[C@H]2CN(C(=O)c3ccc[nH]3)CC[C@H]21. The third-order valence-electron chi connectivity index (χ3n) is 4.46. The van der Waals surface area contributed by atoms with Gasteiger partial charge >= 0.3 is 0 Å². The summed E-state index contributed by atoms with van der Waals surface area (Å²) in [6.07, 6.45) is 3.64. The van der Waals surface area contributed by atoms with Gasteiger partial charge in [-0.1, -0.05) is 0 Å². The summed E-state index contributed by atoms with van der Waals surface area (Å²) in [6, 6.07) is 3.59. The number of aromatic amines is 1. The number of carbonyl (C=O) groups excluding carboxylic acids is 1. The molecule has 2 aliphatic heterocycles. The van der Waals surface area contributed by atoms with E-state index in [1.807, 2.05) is 11.0 Å². The number of amides is 1. The molecule has 2 saturated heterocycles. The molecule has 1 aromatic rings. The molecular weight excluding hydrogens is 306 g/mol. The van der Waals surface area contributed by atoms with Crippen LogP contribution in [-0.4, -0.2) is 62.8 Å². The predicted molar refractivity (Wildman–Crippen MR) is 80.9 cm³/mol. The van der Waals surface area contributed by atoms with Gasteiger partial charge in [-0.3, -0.25) is 4.79 Å². The first-order chi connectivity index (χ1) is 10.4. The minimum atomic E-state index is -3.20. The highest BCUT2D eigenvalue weighted by molar-refractivity contribution is 7.88. The van der Waals surface area contributed by atoms with Gasteiger partial charge in [0.1, 0.15) is 5.69 Å². The summed E-state index contributed by atoms with van der Waals surface area (Å²) in [5.41, 5.74) is 0.604. The minimum Gasteiger partial charge on any atom is -0.376 e. The van der Waals surface area contributed by atoms with Gasteiger partial charge in [0.2, 0.25) is 10.0 Å². The van der Waals surface area contributed by atoms with Crippen LogP contribution in [0.25, 0.3) is 0 Å². The van der Waals surface area contributed by atoms with Gasteiger partial charge in [0.05, 0.1) is 19.0 Å². The number of carbonyl (C=O) groups is 1. The van der Waals surface area contributed by atoms with Gasteiger partial charge in [0.25, 0.3) is 5.91 Å². The molecule has 0 unspecified atom stereocenters. The number of piperidine rings is 1. The third kappa shape index (κ3) is 3.34. The topological polar surface area (TPSA) is 91.5 Å². The van der Waals surface area contributed by atoms with Gasteiger partial charge in [-0.05, 0) is 24.5 Å². The second-order valence-corrected chi connectivity index (χ2v) is 7.87. The minimum absolute atomic E-state index is 0.0150. The quantitative estimate of drug-likeness (QED) is 0.817. The molecule has 0 bridgehead atoms. The van der Waals surface area contributed by atoms with E-state index in [4.69, 9.17) is 4.74 Å². The van der Waals surface area contributed by atoms with Crippen molar-refractivity contribution in [1.82, 2.24) is 14.6 Å². The van der Waals surface area contributed by atoms with E-state index in [1.165, 1.54) is 0 Å². The van der Waals surface area contributed by atoms with Crippen molar-refractivity contribution >= 4 is 15.9 Å². The molecule has 0 aromatic carbocycles. The number of nitrogens with zero attached hydrogens (tertiary/aromatic N) is 1. The zero-order valence-electron chi connectivity index (χ0n) is 12.5. The van der Waals surface area contributed by atoms with E-state index < -0.39 is 10.0 Å². The average molecular weight is 327 g/mol. The highest BCUT2D eigenvalue weighted by Crippen LogP contribution is 2.34. The smallest absolute Gasteiger partial charge is 0.270 e. The number of ether oxygens (including phenoxy) is 1. The van der Waals surface area contributed by atoms with Crippen LogP contribution in [0.4, 0.5) is 0 Å². The fourth-order valence-electron chi connectivity index (χ4n) is 3.35. The molecule has 0 saturated carbocycles. The Hall–Kier alpha value is -1.38. The van der Waals surface area contributed by atoms with E-state index in [0.717, 1.165) is 12.7 Å². The molecule has 3 heterocycles. The van der Waals surface area contributed by atoms with Crippen LogP contribution in [0.5, 0.6) is 0 Å². The number of fused-ring (bicyclic) bond motifs is 1. The summed E-state index contributed by atoms with van der Waals surface area (Å²) in [6.45, 7) is 2.23. The van der Waals surface area contributed by atoms with Crippen molar-refractivity contribution < 1.29 is 17.9 Å². The average Bonchev–Trinajstić information content (AvgIpc) is 3.12. The third-order valence-corrected chi connectivity index (χ3v) is 5.15. The van der Waals surface area contributed by atoms with Crippen molar-refractivity contribution in [3.8, 4) is 0 Å². The van der Waals surface area contributed by atoms with E-state index in [1.54, 1.807) is 12.3 Å². The van der Waals surface area contributed by atoms with Gasteiger partial charge in [0.15, 0.2) is 0 Å². The van der Waals surface area contributed by atoms with E-state index in [9.17, 15) is 13.2 Å². The summed E-state index contributed by atoms with van der Waals surface area (Å²) in [5, 5.41) is 0. The molecule has 2 fully saturated rings. The Morgan fingerprint density at radius 2 is 2.36 bits per heavy atom. The lowest BCUT2D eigenvalue weighted by atomic mass is 9.84. The Labute approximate surface area is 130 Å². The van der Waals surface area contributed by atoms with Crippen LogP contribution in [0, 0.1) is 11.8 Å². The molecule has 122 valence electrons. The van der Waals surface area contributed by atoms with E-state index in [0.29, 0.717) is 37.9 Å². The second kappa shape index (κ2) is 6.02. The van der Waals surface area contributed by atoms with E-state index >= 15 is 0 Å². The summed E-state index contributed by atoms with van der Waals surface area (Å²) < 4.78 is 30.7. The summed E-state index contributed by atoms with van der Waals surface area (Å²) in [7, 11) is -3.20. The van der Waals surface area contributed by atoms with Crippen molar-refractivity contribution in [2.75, 3.05) is 32.5 Å². The molecule has 1 aromatic heterocycles. The van der Waals surface area contributed by atoms with Gasteiger partial charge < -0.3 is 14.6 Å². The zero-order chi connectivity index (χ0) is 15.7. The number of nitrogens with one attached hydrogen (secondary N) is 2. The highest BCUT2D eigenvalue weighted by atomic mass is 32.2. The first kappa shape index (κ1) is 15.5. The van der Waals surface area contributed by atoms with Crippen LogP contribution < -0.4 is 4.72 Å². The molecule has 22 heavy (non-hydrogen) atoms. The van der Waals surface area contributed by atoms with Crippen LogP contribution in [0.3, 0.4) is 0 Å². The first-order valence-electron chi connectivity index (χ1n) is 7.43. The molecule has 2 N–H and O–H groups in total. The molecule has 2 aliphatic rings. The fourth-order valence-corrected chi connectivity index (χ4v) is 3.82. The monoisotopic (exact) mass is 327 g/mol. The van der Waals surface area contributed by atoms with Crippen molar-refractivity contribution in [2.24, 2.45) is 11.8 Å². The Kier molecular flexibility index (Phi) is 4.24. The number of likely N-dealkylation sites (tertiary alicyclic amines) is 1. The number of rotatable bonds is 4. The van der Waals surface area contributed by atoms with Gasteiger partial charge in [-0.2, -0.15) is 0 Å². The van der Waals surface area contributed by atoms with Crippen LogP contribution in [0.15, 0.2) is 18.3 Å². The summed E-state index contributed by atoms with van der Waals surface area (Å²) in [5.74, 6) is 0.599. The molecule has 3 rings (SSSR count). The lowest BCUT2D eigenvalue weighted by Crippen LogP contribution is -2.46. The molecular formula is C14H21N3O4S. The standard InChI is InChI=1S/C14H21N3O4S/c1-22(19,20)16-7-13-11-4-6-17(8-10(11)9-21-13)14(18)12-3-2-5-15-12/h2-3,5,10-11,13,15-16H,4,6-9H2,1H3/t10-,11-,13+/m1/s1. The van der Waals surface area contributed by atoms with Crippen LogP contribution >= 0.6 is 0 Å². The molecule has 3 atom stereocenters. The number of hydrogen-bond acceptors (Lipinski definition) is 4. The highest BCUT2D eigenvalue weighted by Gasteiger charge is 2.42. The van der Waals surface area contributed by atoms with E-state index in [2.05, 4.69) is 9.71 Å². The molecule has 1 amide bonds. The zero-order valence-corrected chi connectivity index (χ0v) is 13.3. The first-order valence-corrected chi connectivity index (χ1v) is 9.32. The lowest BCUT2D eigenvalue weighted by molar-refractivity contribution is 0.0611. The predicted octanol–water partition coefficient (Wildman–Crippen LogP) is 0.0410. The molecule has 7 nitrogen and oxygen atoms in total. The molecule has 8 heteroatoms. The van der Waals surface area contributed by atoms with Gasteiger partial charge in [0, 0.05) is 31.7 Å². The second-order valence-electron chi connectivity index (χ2n) is 6.04. The van der Waals surface area contributed by atoms with E-state index in [-0.39, 0.29) is 17.9 Å². The summed E-state index contributed by atoms with van der Waals surface area (Å²) >= 11 is 0. The van der Waals surface area contributed by atoms with Crippen LogP contribution in [0.2, 0.25) is 0 Å². The van der Waals surface area contributed by atoms with Crippen molar-refractivity contribution in [1.29, 1.82) is 0 Å². The van der Waals surface area contributed by atoms with Gasteiger partial charge in [-0.15, -0.1) is 0 Å². The van der Waals surface area contributed by atoms with Crippen molar-refractivity contribution in [3.63, 3.8) is 0 Å². The summed E-state index contributed by atoms with van der Waals surface area (Å²) in [4.78, 5) is 17.1. The van der Waals surface area contributed by atoms with Crippen LogP contribution in [0.1, 0.15) is 16.9 Å². The Bertz CT molecular complexity index is 629. The maximum Gasteiger partial charge on any atom is 0.270 e. The van der Waals surface area contributed by atoms with Gasteiger partial charge in [-0.25, -0.2) is 13.1 Å². The largest absolute Gasteiger partial charge is 0.376 e. The maximum atomic E-state index is 12.4. The maximum absolute atomic E-state index is 12.4. The number of hydrogen-bond donors (Lipinski definition) is 2. The number of aromatic nitrogens is 1. The fraction of sp³-hybridized carbons (Fsp3) is 0.643. The number of H-pyrrole nitrogens is 1. The Morgan fingerprint density at radius 1 is 1.55 bits per heavy atom. The Morgan fingerprint density at radius 3 is 3.05 bits per heavy atom. The van der Waals surface area contributed by atoms with Crippen molar-refractivity contribution in [3.05, 3.63) is 24.0 Å². The number of sulfonamides is 1. The molecule has 0 spiro atoms. The van der Waals surface area contributed by atoms with Crippen molar-refractivity contribution in [2.45, 2.75) is 12.5 Å².